The number of hydrogen-bond donors (Lipinski definition) is 0. The summed E-state index contributed by atoms with van der Waals surface area (Å²) in [7, 11) is 8.33. The lowest BCUT2D eigenvalue weighted by atomic mass is 9.64. The first-order valence-electron chi connectivity index (χ1n) is 9.56. The van der Waals surface area contributed by atoms with Gasteiger partial charge in [-0.2, -0.15) is 0 Å². The second-order valence-electron chi connectivity index (χ2n) is 8.39. The third-order valence-corrected chi connectivity index (χ3v) is 5.85. The second kappa shape index (κ2) is 6.59. The van der Waals surface area contributed by atoms with Crippen molar-refractivity contribution < 1.29 is 0 Å². The summed E-state index contributed by atoms with van der Waals surface area (Å²) in [5, 5.41) is 0. The Morgan fingerprint density at radius 2 is 1.21 bits per heavy atom. The van der Waals surface area contributed by atoms with E-state index in [1.54, 1.807) is 12.7 Å². The summed E-state index contributed by atoms with van der Waals surface area (Å²) in [6, 6.07) is 13.5. The van der Waals surface area contributed by atoms with E-state index in [9.17, 15) is 0 Å². The molecule has 1 aromatic heterocycles. The minimum absolute atomic E-state index is 0.00782. The summed E-state index contributed by atoms with van der Waals surface area (Å²) in [6.07, 6.45) is 3.17. The summed E-state index contributed by atoms with van der Waals surface area (Å²) in [6.45, 7) is 4.63. The third-order valence-electron chi connectivity index (χ3n) is 5.85. The van der Waals surface area contributed by atoms with Gasteiger partial charge in [0.15, 0.2) is 0 Å². The number of nitrogens with zero attached hydrogens (tertiary/aromatic N) is 5. The molecule has 3 aromatic rings. The lowest BCUT2D eigenvalue weighted by molar-refractivity contribution is 0.590. The van der Waals surface area contributed by atoms with E-state index >= 15 is 0 Å². The smallest absolute Gasteiger partial charge is 0.143 e. The first kappa shape index (κ1) is 18.4. The summed E-state index contributed by atoms with van der Waals surface area (Å²) in [5.74, 6) is 0.802. The molecule has 28 heavy (non-hydrogen) atoms. The van der Waals surface area contributed by atoms with Gasteiger partial charge in [-0.15, -0.1) is 0 Å². The minimum atomic E-state index is -0.119. The molecule has 2 aromatic carbocycles. The van der Waals surface area contributed by atoms with E-state index < -0.39 is 0 Å². The van der Waals surface area contributed by atoms with Crippen LogP contribution in [0, 0.1) is 0 Å². The highest BCUT2D eigenvalue weighted by Crippen LogP contribution is 2.49. The zero-order valence-electron chi connectivity index (χ0n) is 17.4. The van der Waals surface area contributed by atoms with E-state index in [4.69, 9.17) is 0 Å². The fourth-order valence-electron chi connectivity index (χ4n) is 4.22. The predicted octanol–water partition coefficient (Wildman–Crippen LogP) is 3.82. The van der Waals surface area contributed by atoms with Crippen LogP contribution in [-0.2, 0) is 5.41 Å². The topological polar surface area (TPSA) is 45.2 Å². The maximum Gasteiger partial charge on any atom is 0.143 e. The molecule has 4 rings (SSSR count). The van der Waals surface area contributed by atoms with E-state index in [0.29, 0.717) is 0 Å². The monoisotopic (exact) mass is 373 g/mol. The Morgan fingerprint density at radius 3 is 1.64 bits per heavy atom. The maximum absolute atomic E-state index is 4.52. The van der Waals surface area contributed by atoms with Crippen molar-refractivity contribution in [2.75, 3.05) is 38.0 Å². The molecule has 5 heteroatoms. The van der Waals surface area contributed by atoms with Gasteiger partial charge in [0.05, 0.1) is 5.92 Å². The molecule has 144 valence electrons. The van der Waals surface area contributed by atoms with Crippen molar-refractivity contribution in [3.8, 4) is 0 Å². The van der Waals surface area contributed by atoms with Gasteiger partial charge in [0.25, 0.3) is 0 Å². The van der Waals surface area contributed by atoms with Crippen molar-refractivity contribution in [2.24, 2.45) is 0 Å². The quantitative estimate of drug-likeness (QED) is 0.698. The summed E-state index contributed by atoms with van der Waals surface area (Å²) in [5.41, 5.74) is 7.48. The SMILES string of the molecule is CN(C)c1ccc2c(c1)C(C)(C)c1cc(N(C)C)ccc1C2c1ncncn1. The van der Waals surface area contributed by atoms with Crippen molar-refractivity contribution in [2.45, 2.75) is 25.2 Å². The fourth-order valence-corrected chi connectivity index (χ4v) is 4.22. The van der Waals surface area contributed by atoms with Crippen molar-refractivity contribution in [3.63, 3.8) is 0 Å². The first-order valence-corrected chi connectivity index (χ1v) is 9.56. The van der Waals surface area contributed by atoms with Crippen molar-refractivity contribution in [3.05, 3.63) is 77.1 Å². The molecule has 1 aliphatic rings. The molecular weight excluding hydrogens is 346 g/mol. The lowest BCUT2D eigenvalue weighted by Gasteiger charge is -2.40. The molecule has 1 heterocycles. The number of hydrogen-bond acceptors (Lipinski definition) is 5. The van der Waals surface area contributed by atoms with Crippen LogP contribution in [0.3, 0.4) is 0 Å². The number of fused-ring (bicyclic) bond motifs is 2. The average molecular weight is 374 g/mol. The zero-order chi connectivity index (χ0) is 20.1. The van der Waals surface area contributed by atoms with Crippen LogP contribution in [0.2, 0.25) is 0 Å². The van der Waals surface area contributed by atoms with Gasteiger partial charge < -0.3 is 9.80 Å². The summed E-state index contributed by atoms with van der Waals surface area (Å²) in [4.78, 5) is 17.4. The van der Waals surface area contributed by atoms with E-state index in [2.05, 4.69) is 103 Å². The number of aromatic nitrogens is 3. The van der Waals surface area contributed by atoms with Crippen LogP contribution in [0.5, 0.6) is 0 Å². The van der Waals surface area contributed by atoms with Gasteiger partial charge in [-0.25, -0.2) is 15.0 Å². The predicted molar refractivity (Wildman–Crippen MR) is 114 cm³/mol. The lowest BCUT2D eigenvalue weighted by Crippen LogP contribution is -2.31. The molecular formula is C23H27N5. The van der Waals surface area contributed by atoms with Gasteiger partial charge in [-0.1, -0.05) is 26.0 Å². The van der Waals surface area contributed by atoms with Crippen LogP contribution in [0.15, 0.2) is 49.1 Å². The van der Waals surface area contributed by atoms with Crippen LogP contribution in [0.4, 0.5) is 11.4 Å². The van der Waals surface area contributed by atoms with Gasteiger partial charge in [-0.05, 0) is 46.5 Å². The standard InChI is InChI=1S/C23H27N5/c1-23(2)19-11-15(27(3)4)7-9-17(19)21(22-25-13-24-14-26-22)18-10-8-16(28(5)6)12-20(18)23/h7-14,21H,1-6H3. The van der Waals surface area contributed by atoms with Crippen LogP contribution < -0.4 is 9.80 Å². The number of benzene rings is 2. The Labute approximate surface area is 167 Å². The molecule has 0 saturated carbocycles. The maximum atomic E-state index is 4.52. The normalized spacial score (nSPS) is 14.9. The second-order valence-corrected chi connectivity index (χ2v) is 8.39. The first-order chi connectivity index (χ1) is 13.3. The van der Waals surface area contributed by atoms with Crippen LogP contribution in [0.1, 0.15) is 47.8 Å². The average Bonchev–Trinajstić information content (AvgIpc) is 2.68. The van der Waals surface area contributed by atoms with Crippen molar-refractivity contribution >= 4 is 11.4 Å². The molecule has 0 spiro atoms. The molecule has 1 aliphatic carbocycles. The zero-order valence-corrected chi connectivity index (χ0v) is 17.4. The highest BCUT2D eigenvalue weighted by atomic mass is 15.1. The largest absolute Gasteiger partial charge is 0.378 e. The fraction of sp³-hybridized carbons (Fsp3) is 0.348. The van der Waals surface area contributed by atoms with Crippen molar-refractivity contribution in [1.82, 2.24) is 15.0 Å². The Morgan fingerprint density at radius 1 is 0.750 bits per heavy atom. The van der Waals surface area contributed by atoms with Crippen molar-refractivity contribution in [1.29, 1.82) is 0 Å². The van der Waals surface area contributed by atoms with Gasteiger partial charge in [-0.3, -0.25) is 0 Å². The summed E-state index contributed by atoms with van der Waals surface area (Å²) < 4.78 is 0. The minimum Gasteiger partial charge on any atom is -0.378 e. The molecule has 0 saturated heterocycles. The number of anilines is 2. The van der Waals surface area contributed by atoms with Gasteiger partial charge in [0.2, 0.25) is 0 Å². The third kappa shape index (κ3) is 2.82. The van der Waals surface area contributed by atoms with Crippen LogP contribution >= 0.6 is 0 Å². The highest BCUT2D eigenvalue weighted by molar-refractivity contribution is 5.65. The highest BCUT2D eigenvalue weighted by Gasteiger charge is 2.39. The van der Waals surface area contributed by atoms with Gasteiger partial charge >= 0.3 is 0 Å². The van der Waals surface area contributed by atoms with E-state index in [-0.39, 0.29) is 11.3 Å². The summed E-state index contributed by atoms with van der Waals surface area (Å²) >= 11 is 0. The molecule has 5 nitrogen and oxygen atoms in total. The Hall–Kier alpha value is -2.95. The Kier molecular flexibility index (Phi) is 4.33. The number of rotatable bonds is 3. The Bertz CT molecular complexity index is 947. The van der Waals surface area contributed by atoms with E-state index in [1.165, 1.54) is 33.6 Å². The van der Waals surface area contributed by atoms with Gasteiger partial charge in [0, 0.05) is 45.0 Å². The molecule has 0 fully saturated rings. The molecule has 0 radical (unpaired) electrons. The molecule has 0 amide bonds. The molecule has 0 bridgehead atoms. The molecule has 0 aliphatic heterocycles. The molecule has 0 N–H and O–H groups in total. The molecule has 0 atom stereocenters. The van der Waals surface area contributed by atoms with Crippen LogP contribution in [-0.4, -0.2) is 43.1 Å². The van der Waals surface area contributed by atoms with E-state index in [0.717, 1.165) is 5.82 Å². The van der Waals surface area contributed by atoms with Crippen LogP contribution in [0.25, 0.3) is 0 Å². The Balaban J connectivity index is 2.02. The van der Waals surface area contributed by atoms with E-state index in [1.807, 2.05) is 0 Å². The molecule has 0 unspecified atom stereocenters. The van der Waals surface area contributed by atoms with Gasteiger partial charge in [0.1, 0.15) is 18.5 Å².